The number of ether oxygens (including phenoxy) is 1. The zero-order valence-electron chi connectivity index (χ0n) is 16.3. The highest BCUT2D eigenvalue weighted by Gasteiger charge is 2.44. The first-order chi connectivity index (χ1) is 14.5. The molecule has 2 heterocycles. The van der Waals surface area contributed by atoms with Crippen molar-refractivity contribution in [3.8, 4) is 0 Å². The summed E-state index contributed by atoms with van der Waals surface area (Å²) in [5.41, 5.74) is 2.14. The van der Waals surface area contributed by atoms with Crippen LogP contribution in [0.2, 0.25) is 5.02 Å². The number of benzene rings is 1. The molecule has 1 aromatic rings. The third-order valence-electron chi connectivity index (χ3n) is 5.30. The van der Waals surface area contributed by atoms with Gasteiger partial charge in [-0.2, -0.15) is 0 Å². The van der Waals surface area contributed by atoms with E-state index in [4.69, 9.17) is 16.3 Å². The number of rotatable bonds is 7. The van der Waals surface area contributed by atoms with Gasteiger partial charge < -0.3 is 15.4 Å². The molecule has 1 aliphatic carbocycles. The second-order valence-electron chi connectivity index (χ2n) is 7.42. The quantitative estimate of drug-likeness (QED) is 0.626. The van der Waals surface area contributed by atoms with E-state index in [0.29, 0.717) is 17.4 Å². The number of esters is 1. The third-order valence-corrected chi connectivity index (χ3v) is 6.92. The molecule has 2 N–H and O–H groups in total. The van der Waals surface area contributed by atoms with E-state index >= 15 is 0 Å². The van der Waals surface area contributed by atoms with Crippen molar-refractivity contribution in [2.24, 2.45) is 10.9 Å². The molecule has 0 unspecified atom stereocenters. The van der Waals surface area contributed by atoms with Crippen LogP contribution in [-0.4, -0.2) is 35.6 Å². The minimum absolute atomic E-state index is 0.0284. The number of fused-ring (bicyclic) bond motifs is 2. The maximum Gasteiger partial charge on any atom is 0.306 e. The third kappa shape index (κ3) is 4.87. The minimum atomic E-state index is -0.504. The van der Waals surface area contributed by atoms with Crippen LogP contribution < -0.4 is 10.6 Å². The van der Waals surface area contributed by atoms with Gasteiger partial charge in [-0.15, -0.1) is 11.8 Å². The fraction of sp³-hybridized carbons (Fsp3) is 0.429. The molecule has 0 bridgehead atoms. The van der Waals surface area contributed by atoms with Crippen LogP contribution in [0.25, 0.3) is 0 Å². The van der Waals surface area contributed by atoms with E-state index in [-0.39, 0.29) is 42.6 Å². The van der Waals surface area contributed by atoms with Crippen LogP contribution in [0.4, 0.5) is 0 Å². The predicted molar refractivity (Wildman–Crippen MR) is 115 cm³/mol. The van der Waals surface area contributed by atoms with Crippen LogP contribution >= 0.6 is 23.4 Å². The van der Waals surface area contributed by atoms with Crippen molar-refractivity contribution in [1.82, 2.24) is 10.6 Å². The Kier molecular flexibility index (Phi) is 6.43. The Bertz CT molecular complexity index is 929. The van der Waals surface area contributed by atoms with Crippen molar-refractivity contribution in [2.75, 3.05) is 6.61 Å². The Labute approximate surface area is 183 Å². The maximum atomic E-state index is 12.5. The molecular formula is C21H22ClN3O4S. The van der Waals surface area contributed by atoms with E-state index in [1.165, 1.54) is 10.5 Å². The Balaban J connectivity index is 1.18. The number of thioether (sulfide) groups is 1. The molecule has 0 saturated carbocycles. The van der Waals surface area contributed by atoms with Gasteiger partial charge in [-0.1, -0.05) is 23.7 Å². The standard InChI is InChI=1S/C21H22ClN3O4S/c22-13-6-4-12(5-7-13)10-23-17(26)11-29-18(27)9-8-16-24-20(28)19-14-2-1-3-15(14)30-21(19)25-16/h4-7,19,21H,1-3,8-11H2,(H,23,26)(H,24,25,28)/t19-,21+/m0/s1. The molecule has 4 rings (SSSR count). The molecule has 0 saturated heterocycles. The number of hydrogen-bond acceptors (Lipinski definition) is 6. The highest BCUT2D eigenvalue weighted by atomic mass is 35.5. The van der Waals surface area contributed by atoms with Crippen molar-refractivity contribution in [2.45, 2.75) is 44.0 Å². The van der Waals surface area contributed by atoms with Gasteiger partial charge in [-0.25, -0.2) is 0 Å². The molecule has 30 heavy (non-hydrogen) atoms. The predicted octanol–water partition coefficient (Wildman–Crippen LogP) is 2.94. The molecule has 2 atom stereocenters. The van der Waals surface area contributed by atoms with Gasteiger partial charge in [0.1, 0.15) is 11.2 Å². The number of aliphatic imine (C=N–C) groups is 1. The molecule has 3 aliphatic rings. The lowest BCUT2D eigenvalue weighted by atomic mass is 9.96. The Morgan fingerprint density at radius 1 is 1.27 bits per heavy atom. The van der Waals surface area contributed by atoms with Crippen molar-refractivity contribution in [1.29, 1.82) is 0 Å². The van der Waals surface area contributed by atoms with Crippen LogP contribution in [0.3, 0.4) is 0 Å². The highest BCUT2D eigenvalue weighted by molar-refractivity contribution is 8.04. The number of halogens is 1. The molecule has 0 aromatic heterocycles. The molecule has 7 nitrogen and oxygen atoms in total. The van der Waals surface area contributed by atoms with E-state index in [2.05, 4.69) is 15.6 Å². The number of amides is 2. The first-order valence-corrected chi connectivity index (χ1v) is 11.2. The zero-order chi connectivity index (χ0) is 21.1. The maximum absolute atomic E-state index is 12.5. The SMILES string of the molecule is O=C(COC(=O)CCC1=N[C@@H]2SC3=C(CCC3)[C@H]2C(=O)N1)NCc1ccc(Cl)cc1. The topological polar surface area (TPSA) is 96.9 Å². The highest BCUT2D eigenvalue weighted by Crippen LogP contribution is 2.51. The smallest absolute Gasteiger partial charge is 0.306 e. The monoisotopic (exact) mass is 447 g/mol. The van der Waals surface area contributed by atoms with Gasteiger partial charge in [-0.05, 0) is 47.4 Å². The van der Waals surface area contributed by atoms with Crippen molar-refractivity contribution < 1.29 is 19.1 Å². The summed E-state index contributed by atoms with van der Waals surface area (Å²) in [6.07, 6.45) is 3.47. The molecule has 2 aliphatic heterocycles. The largest absolute Gasteiger partial charge is 0.456 e. The summed E-state index contributed by atoms with van der Waals surface area (Å²) in [5.74, 6) is -0.561. The van der Waals surface area contributed by atoms with Gasteiger partial charge in [0.25, 0.3) is 5.91 Å². The van der Waals surface area contributed by atoms with Crippen LogP contribution in [-0.2, 0) is 25.7 Å². The number of nitrogens with one attached hydrogen (secondary N) is 2. The summed E-state index contributed by atoms with van der Waals surface area (Å²) in [6, 6.07) is 7.11. The molecule has 2 amide bonds. The first kappa shape index (κ1) is 20.9. The number of carbonyl (C=O) groups is 3. The van der Waals surface area contributed by atoms with Gasteiger partial charge in [0.05, 0.1) is 12.3 Å². The Morgan fingerprint density at radius 3 is 2.87 bits per heavy atom. The minimum Gasteiger partial charge on any atom is -0.456 e. The molecule has 9 heteroatoms. The van der Waals surface area contributed by atoms with Crippen LogP contribution in [0.1, 0.15) is 37.7 Å². The average Bonchev–Trinajstić information content (AvgIpc) is 3.31. The lowest BCUT2D eigenvalue weighted by molar-refractivity contribution is -0.148. The second kappa shape index (κ2) is 9.22. The van der Waals surface area contributed by atoms with E-state index in [9.17, 15) is 14.4 Å². The summed E-state index contributed by atoms with van der Waals surface area (Å²) in [7, 11) is 0. The first-order valence-electron chi connectivity index (χ1n) is 9.92. The van der Waals surface area contributed by atoms with E-state index in [1.807, 2.05) is 12.1 Å². The Morgan fingerprint density at radius 2 is 2.07 bits per heavy atom. The Hall–Kier alpha value is -2.32. The summed E-state index contributed by atoms with van der Waals surface area (Å²) in [5, 5.41) is 6.03. The fourth-order valence-corrected chi connectivity index (χ4v) is 5.47. The van der Waals surface area contributed by atoms with Gasteiger partial charge in [0, 0.05) is 18.0 Å². The van der Waals surface area contributed by atoms with E-state index < -0.39 is 5.97 Å². The molecular weight excluding hydrogens is 426 g/mol. The number of allylic oxidation sites excluding steroid dienone is 1. The molecule has 0 radical (unpaired) electrons. The molecule has 1 aromatic carbocycles. The molecule has 158 valence electrons. The van der Waals surface area contributed by atoms with Crippen molar-refractivity contribution in [3.63, 3.8) is 0 Å². The summed E-state index contributed by atoms with van der Waals surface area (Å²) >= 11 is 7.50. The number of amidine groups is 1. The lowest BCUT2D eigenvalue weighted by Gasteiger charge is -2.25. The summed E-state index contributed by atoms with van der Waals surface area (Å²) in [6.45, 7) is -0.0168. The van der Waals surface area contributed by atoms with Crippen molar-refractivity contribution >= 4 is 47.0 Å². The zero-order valence-corrected chi connectivity index (χ0v) is 17.9. The van der Waals surface area contributed by atoms with Gasteiger partial charge in [-0.3, -0.25) is 19.4 Å². The van der Waals surface area contributed by atoms with E-state index in [1.54, 1.807) is 23.9 Å². The molecule has 0 fully saturated rings. The lowest BCUT2D eigenvalue weighted by Crippen LogP contribution is -2.44. The van der Waals surface area contributed by atoms with Crippen LogP contribution in [0.15, 0.2) is 39.7 Å². The van der Waals surface area contributed by atoms with Crippen LogP contribution in [0.5, 0.6) is 0 Å². The molecule has 0 spiro atoms. The fourth-order valence-electron chi connectivity index (χ4n) is 3.80. The normalized spacial score (nSPS) is 22.2. The second-order valence-corrected chi connectivity index (χ2v) is 9.06. The van der Waals surface area contributed by atoms with Gasteiger partial charge >= 0.3 is 5.97 Å². The summed E-state index contributed by atoms with van der Waals surface area (Å²) in [4.78, 5) is 42.2. The summed E-state index contributed by atoms with van der Waals surface area (Å²) < 4.78 is 5.02. The average molecular weight is 448 g/mol. The number of nitrogens with zero attached hydrogens (tertiary/aromatic N) is 1. The van der Waals surface area contributed by atoms with Crippen molar-refractivity contribution in [3.05, 3.63) is 45.3 Å². The van der Waals surface area contributed by atoms with E-state index in [0.717, 1.165) is 24.8 Å². The van der Waals surface area contributed by atoms with Gasteiger partial charge in [0.15, 0.2) is 6.61 Å². The number of hydrogen-bond donors (Lipinski definition) is 2. The number of carbonyl (C=O) groups excluding carboxylic acids is 3. The van der Waals surface area contributed by atoms with Gasteiger partial charge in [0.2, 0.25) is 5.91 Å². The van der Waals surface area contributed by atoms with Crippen LogP contribution in [0, 0.1) is 5.92 Å².